The fraction of sp³-hybridized carbons (Fsp3) is 0. The summed E-state index contributed by atoms with van der Waals surface area (Å²) in [6.45, 7) is 0. The number of nitrogens with zero attached hydrogens (tertiary/aromatic N) is 2. The smallest absolute Gasteiger partial charge is 0.139 e. The van der Waals surface area contributed by atoms with Crippen molar-refractivity contribution < 1.29 is 0 Å². The lowest BCUT2D eigenvalue weighted by molar-refractivity contribution is 1.32. The van der Waals surface area contributed by atoms with Gasteiger partial charge in [0.05, 0.1) is 5.56 Å². The number of rotatable bonds is 1. The first-order chi connectivity index (χ1) is 8.40. The SMILES string of the molecule is N#Cc1c[nH]c2nccc(-c3ccccc3)c12. The summed E-state index contributed by atoms with van der Waals surface area (Å²) >= 11 is 0. The van der Waals surface area contributed by atoms with E-state index in [2.05, 4.69) is 16.0 Å². The normalized spacial score (nSPS) is 10.3. The average molecular weight is 219 g/mol. The van der Waals surface area contributed by atoms with Crippen molar-refractivity contribution >= 4 is 11.0 Å². The predicted octanol–water partition coefficient (Wildman–Crippen LogP) is 3.10. The molecular weight excluding hydrogens is 210 g/mol. The van der Waals surface area contributed by atoms with Gasteiger partial charge in [0, 0.05) is 17.8 Å². The minimum absolute atomic E-state index is 0.631. The van der Waals surface area contributed by atoms with Crippen LogP contribution in [-0.4, -0.2) is 9.97 Å². The van der Waals surface area contributed by atoms with Gasteiger partial charge in [-0.2, -0.15) is 5.26 Å². The molecule has 0 aliphatic rings. The lowest BCUT2D eigenvalue weighted by atomic mass is 10.0. The van der Waals surface area contributed by atoms with Crippen molar-refractivity contribution in [1.82, 2.24) is 9.97 Å². The van der Waals surface area contributed by atoms with Crippen LogP contribution in [0.5, 0.6) is 0 Å². The Labute approximate surface area is 98.4 Å². The van der Waals surface area contributed by atoms with Gasteiger partial charge >= 0.3 is 0 Å². The van der Waals surface area contributed by atoms with Gasteiger partial charge in [0.1, 0.15) is 11.7 Å². The van der Waals surface area contributed by atoms with Crippen molar-refractivity contribution in [2.75, 3.05) is 0 Å². The Balaban J connectivity index is 2.38. The minimum Gasteiger partial charge on any atom is -0.345 e. The number of nitriles is 1. The number of aromatic nitrogens is 2. The molecule has 0 spiro atoms. The summed E-state index contributed by atoms with van der Waals surface area (Å²) in [4.78, 5) is 7.24. The third-order valence-corrected chi connectivity index (χ3v) is 2.78. The second-order valence-electron chi connectivity index (χ2n) is 3.76. The molecule has 0 radical (unpaired) electrons. The summed E-state index contributed by atoms with van der Waals surface area (Å²) < 4.78 is 0. The number of nitrogens with one attached hydrogen (secondary N) is 1. The number of fused-ring (bicyclic) bond motifs is 1. The van der Waals surface area contributed by atoms with Crippen molar-refractivity contribution in [3.63, 3.8) is 0 Å². The van der Waals surface area contributed by atoms with E-state index < -0.39 is 0 Å². The molecule has 0 atom stereocenters. The summed E-state index contributed by atoms with van der Waals surface area (Å²) in [7, 11) is 0. The molecule has 1 aromatic carbocycles. The quantitative estimate of drug-likeness (QED) is 0.683. The van der Waals surface area contributed by atoms with E-state index >= 15 is 0 Å². The highest BCUT2D eigenvalue weighted by Gasteiger charge is 2.10. The zero-order valence-corrected chi connectivity index (χ0v) is 9.01. The van der Waals surface area contributed by atoms with Gasteiger partial charge in [0.15, 0.2) is 0 Å². The fourth-order valence-corrected chi connectivity index (χ4v) is 2.00. The van der Waals surface area contributed by atoms with E-state index in [1.165, 1.54) is 0 Å². The van der Waals surface area contributed by atoms with Crippen LogP contribution in [0, 0.1) is 11.3 Å². The molecule has 1 N–H and O–H groups in total. The molecule has 3 rings (SSSR count). The Bertz CT molecular complexity index is 705. The van der Waals surface area contributed by atoms with Crippen LogP contribution < -0.4 is 0 Å². The van der Waals surface area contributed by atoms with E-state index in [-0.39, 0.29) is 0 Å². The Kier molecular flexibility index (Phi) is 2.13. The third kappa shape index (κ3) is 1.47. The maximum atomic E-state index is 9.10. The molecular formula is C14H9N3. The largest absolute Gasteiger partial charge is 0.345 e. The van der Waals surface area contributed by atoms with Gasteiger partial charge in [-0.3, -0.25) is 0 Å². The number of hydrogen-bond donors (Lipinski definition) is 1. The standard InChI is InChI=1S/C14H9N3/c15-8-11-9-17-14-13(11)12(6-7-16-14)10-4-2-1-3-5-10/h1-7,9H,(H,16,17). The summed E-state index contributed by atoms with van der Waals surface area (Å²) in [5.41, 5.74) is 3.51. The number of H-pyrrole nitrogens is 1. The fourth-order valence-electron chi connectivity index (χ4n) is 2.00. The molecule has 0 unspecified atom stereocenters. The van der Waals surface area contributed by atoms with Gasteiger partial charge in [-0.15, -0.1) is 0 Å². The van der Waals surface area contributed by atoms with Gasteiger partial charge in [-0.25, -0.2) is 4.98 Å². The number of pyridine rings is 1. The highest BCUT2D eigenvalue weighted by molar-refractivity contribution is 5.97. The zero-order valence-electron chi connectivity index (χ0n) is 9.01. The molecule has 3 aromatic rings. The van der Waals surface area contributed by atoms with E-state index in [4.69, 9.17) is 5.26 Å². The van der Waals surface area contributed by atoms with Crippen molar-refractivity contribution in [3.05, 3.63) is 54.4 Å². The molecule has 2 heterocycles. The van der Waals surface area contributed by atoms with Crippen LogP contribution in [0.1, 0.15) is 5.56 Å². The number of hydrogen-bond acceptors (Lipinski definition) is 2. The van der Waals surface area contributed by atoms with Gasteiger partial charge in [-0.1, -0.05) is 30.3 Å². The average Bonchev–Trinajstić information content (AvgIpc) is 2.82. The van der Waals surface area contributed by atoms with Crippen molar-refractivity contribution in [1.29, 1.82) is 5.26 Å². The third-order valence-electron chi connectivity index (χ3n) is 2.78. The number of benzene rings is 1. The summed E-state index contributed by atoms with van der Waals surface area (Å²) in [6, 6.07) is 14.1. The van der Waals surface area contributed by atoms with E-state index in [1.807, 2.05) is 36.4 Å². The topological polar surface area (TPSA) is 52.5 Å². The van der Waals surface area contributed by atoms with Gasteiger partial charge in [-0.05, 0) is 17.2 Å². The first-order valence-corrected chi connectivity index (χ1v) is 5.32. The summed E-state index contributed by atoms with van der Waals surface area (Å²) in [5.74, 6) is 0. The van der Waals surface area contributed by atoms with Gasteiger partial charge < -0.3 is 4.98 Å². The highest BCUT2D eigenvalue weighted by Crippen LogP contribution is 2.29. The second-order valence-corrected chi connectivity index (χ2v) is 3.76. The maximum absolute atomic E-state index is 9.10. The molecule has 0 fully saturated rings. The maximum Gasteiger partial charge on any atom is 0.139 e. The predicted molar refractivity (Wildman–Crippen MR) is 66.2 cm³/mol. The van der Waals surface area contributed by atoms with Crippen LogP contribution in [0.25, 0.3) is 22.2 Å². The highest BCUT2D eigenvalue weighted by atomic mass is 14.8. The molecule has 0 bridgehead atoms. The van der Waals surface area contributed by atoms with Crippen LogP contribution in [0.15, 0.2) is 48.8 Å². The molecule has 0 saturated heterocycles. The van der Waals surface area contributed by atoms with Gasteiger partial charge in [0.25, 0.3) is 0 Å². The number of aromatic amines is 1. The summed E-state index contributed by atoms with van der Waals surface area (Å²) in [6.07, 6.45) is 3.45. The first kappa shape index (κ1) is 9.61. The lowest BCUT2D eigenvalue weighted by Crippen LogP contribution is -1.83. The summed E-state index contributed by atoms with van der Waals surface area (Å²) in [5, 5.41) is 9.99. The molecule has 3 heteroatoms. The van der Waals surface area contributed by atoms with Crippen LogP contribution in [-0.2, 0) is 0 Å². The van der Waals surface area contributed by atoms with E-state index in [0.717, 1.165) is 22.2 Å². The van der Waals surface area contributed by atoms with Crippen LogP contribution >= 0.6 is 0 Å². The van der Waals surface area contributed by atoms with Crippen molar-refractivity contribution in [3.8, 4) is 17.2 Å². The Morgan fingerprint density at radius 3 is 2.71 bits per heavy atom. The Morgan fingerprint density at radius 2 is 1.94 bits per heavy atom. The van der Waals surface area contributed by atoms with Gasteiger partial charge in [0.2, 0.25) is 0 Å². The molecule has 0 aliphatic carbocycles. The van der Waals surface area contributed by atoms with E-state index in [1.54, 1.807) is 12.4 Å². The van der Waals surface area contributed by atoms with Crippen molar-refractivity contribution in [2.45, 2.75) is 0 Å². The van der Waals surface area contributed by atoms with Crippen LogP contribution in [0.4, 0.5) is 0 Å². The lowest BCUT2D eigenvalue weighted by Gasteiger charge is -2.03. The molecule has 0 saturated carbocycles. The van der Waals surface area contributed by atoms with E-state index in [0.29, 0.717) is 5.56 Å². The first-order valence-electron chi connectivity index (χ1n) is 5.32. The molecule has 0 amide bonds. The Hall–Kier alpha value is -2.60. The minimum atomic E-state index is 0.631. The second kappa shape index (κ2) is 3.76. The molecule has 17 heavy (non-hydrogen) atoms. The van der Waals surface area contributed by atoms with Crippen LogP contribution in [0.2, 0.25) is 0 Å². The van der Waals surface area contributed by atoms with Crippen molar-refractivity contribution in [2.24, 2.45) is 0 Å². The molecule has 80 valence electrons. The molecule has 2 aromatic heterocycles. The molecule has 3 nitrogen and oxygen atoms in total. The monoisotopic (exact) mass is 219 g/mol. The Morgan fingerprint density at radius 1 is 1.12 bits per heavy atom. The van der Waals surface area contributed by atoms with Crippen LogP contribution in [0.3, 0.4) is 0 Å². The zero-order chi connectivity index (χ0) is 11.7. The van der Waals surface area contributed by atoms with E-state index in [9.17, 15) is 0 Å². The molecule has 0 aliphatic heterocycles.